The summed E-state index contributed by atoms with van der Waals surface area (Å²) in [6.07, 6.45) is 70.8. The van der Waals surface area contributed by atoms with Crippen molar-refractivity contribution in [1.29, 1.82) is 0 Å². The van der Waals surface area contributed by atoms with E-state index >= 15 is 0 Å². The molecule has 0 aliphatic carbocycles. The van der Waals surface area contributed by atoms with Crippen molar-refractivity contribution in [3.8, 4) is 0 Å². The zero-order valence-electron chi connectivity index (χ0n) is 69.7. The average Bonchev–Trinajstić information content (AvgIpc) is 0.907. The first-order chi connectivity index (χ1) is 51.4. The van der Waals surface area contributed by atoms with E-state index in [9.17, 15) is 43.2 Å². The Balaban J connectivity index is 5.22. The first-order valence-electron chi connectivity index (χ1n) is 45.1. The van der Waals surface area contributed by atoms with Gasteiger partial charge in [0.2, 0.25) is 0 Å². The number of esters is 4. The third-order valence-corrected chi connectivity index (χ3v) is 23.1. The Labute approximate surface area is 651 Å². The number of rotatable bonds is 86. The maximum atomic E-state index is 13.2. The van der Waals surface area contributed by atoms with Crippen LogP contribution >= 0.6 is 15.6 Å². The smallest absolute Gasteiger partial charge is 0.462 e. The highest BCUT2D eigenvalue weighted by atomic mass is 31.2. The van der Waals surface area contributed by atoms with Gasteiger partial charge in [-0.3, -0.25) is 37.3 Å². The Morgan fingerprint density at radius 1 is 0.264 bits per heavy atom. The molecule has 0 aromatic heterocycles. The van der Waals surface area contributed by atoms with E-state index in [1.807, 2.05) is 0 Å². The monoisotopic (exact) mass is 1550 g/mol. The molecule has 0 aromatic carbocycles. The van der Waals surface area contributed by atoms with Gasteiger partial charge in [0.1, 0.15) is 19.3 Å². The fourth-order valence-electron chi connectivity index (χ4n) is 13.5. The summed E-state index contributed by atoms with van der Waals surface area (Å²) in [7, 11) is -9.93. The Morgan fingerprint density at radius 2 is 0.453 bits per heavy atom. The van der Waals surface area contributed by atoms with Crippen LogP contribution in [0.25, 0.3) is 0 Å². The zero-order valence-corrected chi connectivity index (χ0v) is 71.5. The van der Waals surface area contributed by atoms with E-state index in [1.54, 1.807) is 0 Å². The van der Waals surface area contributed by atoms with Gasteiger partial charge in [-0.05, 0) is 37.5 Å². The molecule has 0 aliphatic heterocycles. The van der Waals surface area contributed by atoms with Crippen molar-refractivity contribution in [1.82, 2.24) is 0 Å². The molecule has 0 fully saturated rings. The van der Waals surface area contributed by atoms with Crippen molar-refractivity contribution in [2.45, 2.75) is 484 Å². The van der Waals surface area contributed by atoms with Crippen LogP contribution in [0.3, 0.4) is 0 Å². The molecule has 0 aromatic rings. The number of phosphoric acid groups is 2. The molecule has 19 heteroatoms. The number of ether oxygens (including phenoxy) is 4. The van der Waals surface area contributed by atoms with E-state index in [0.29, 0.717) is 25.7 Å². The molecular formula is C87H170O17P2. The van der Waals surface area contributed by atoms with Gasteiger partial charge in [0, 0.05) is 25.7 Å². The standard InChI is InChI=1S/C87H170O17P2/c1-7-11-13-15-17-19-21-23-25-27-31-35-38-42-46-50-57-63-69-84(89)97-75-82(103-86(91)71-66-60-52-48-44-40-36-32-29-28-30-33-37-41-45-49-55-61-67-79(5)9-3)77-101-105(93,94)99-73-81(88)74-100-106(95,96)102-78-83(76-98-85(90)70-64-58-54-53-56-62-68-80(6)10-4)104-87(92)72-65-59-51-47-43-39-34-26-24-22-20-18-16-14-12-8-2/h79-83,88H,7-78H2,1-6H3,(H,93,94)(H,95,96)/t79?,80?,81-,82-,83-/m1/s1. The maximum Gasteiger partial charge on any atom is 0.472 e. The summed E-state index contributed by atoms with van der Waals surface area (Å²) in [6.45, 7) is 9.71. The number of carbonyl (C=O) groups excluding carboxylic acids is 4. The minimum Gasteiger partial charge on any atom is -0.462 e. The van der Waals surface area contributed by atoms with Crippen LogP contribution in [-0.2, 0) is 65.4 Å². The lowest BCUT2D eigenvalue weighted by Gasteiger charge is -2.21. The zero-order chi connectivity index (χ0) is 77.8. The first kappa shape index (κ1) is 104. The van der Waals surface area contributed by atoms with Crippen LogP contribution in [0.5, 0.6) is 0 Å². The molecule has 0 bridgehead atoms. The Bertz CT molecular complexity index is 2030. The van der Waals surface area contributed by atoms with Crippen molar-refractivity contribution >= 4 is 39.5 Å². The van der Waals surface area contributed by atoms with E-state index in [0.717, 1.165) is 108 Å². The maximum absolute atomic E-state index is 13.2. The van der Waals surface area contributed by atoms with E-state index < -0.39 is 97.5 Å². The highest BCUT2D eigenvalue weighted by Crippen LogP contribution is 2.45. The van der Waals surface area contributed by atoms with Crippen LogP contribution in [0.2, 0.25) is 0 Å². The predicted octanol–water partition coefficient (Wildman–Crippen LogP) is 26.6. The largest absolute Gasteiger partial charge is 0.472 e. The predicted molar refractivity (Wildman–Crippen MR) is 437 cm³/mol. The van der Waals surface area contributed by atoms with Gasteiger partial charge in [-0.1, -0.05) is 414 Å². The van der Waals surface area contributed by atoms with Gasteiger partial charge in [-0.15, -0.1) is 0 Å². The molecule has 17 nitrogen and oxygen atoms in total. The van der Waals surface area contributed by atoms with Gasteiger partial charge in [-0.25, -0.2) is 9.13 Å². The Hall–Kier alpha value is -1.94. The number of carbonyl (C=O) groups is 4. The molecule has 7 atom stereocenters. The summed E-state index contributed by atoms with van der Waals surface area (Å²) in [5.74, 6) is -0.500. The summed E-state index contributed by atoms with van der Waals surface area (Å²) in [4.78, 5) is 73.2. The molecule has 0 spiro atoms. The van der Waals surface area contributed by atoms with Crippen molar-refractivity contribution < 1.29 is 80.2 Å². The topological polar surface area (TPSA) is 237 Å². The molecule has 0 saturated carbocycles. The number of aliphatic hydroxyl groups excluding tert-OH is 1. The third-order valence-electron chi connectivity index (χ3n) is 21.2. The van der Waals surface area contributed by atoms with Crippen LogP contribution in [0.4, 0.5) is 0 Å². The van der Waals surface area contributed by atoms with Crippen LogP contribution < -0.4 is 0 Å². The van der Waals surface area contributed by atoms with Crippen molar-refractivity contribution in [2.75, 3.05) is 39.6 Å². The van der Waals surface area contributed by atoms with Gasteiger partial charge in [0.15, 0.2) is 12.2 Å². The number of aliphatic hydroxyl groups is 1. The van der Waals surface area contributed by atoms with E-state index in [-0.39, 0.29) is 25.7 Å². The molecule has 0 amide bonds. The van der Waals surface area contributed by atoms with Gasteiger partial charge in [-0.2, -0.15) is 0 Å². The molecule has 0 saturated heterocycles. The van der Waals surface area contributed by atoms with Gasteiger partial charge >= 0.3 is 39.5 Å². The lowest BCUT2D eigenvalue weighted by atomic mass is 9.99. The summed E-state index contributed by atoms with van der Waals surface area (Å²) in [6, 6.07) is 0. The highest BCUT2D eigenvalue weighted by molar-refractivity contribution is 7.47. The number of phosphoric ester groups is 2. The molecule has 0 aliphatic rings. The summed E-state index contributed by atoms with van der Waals surface area (Å²) in [5.41, 5.74) is 0. The second-order valence-electron chi connectivity index (χ2n) is 31.8. The van der Waals surface area contributed by atoms with E-state index in [4.69, 9.17) is 37.0 Å². The molecule has 3 N–H and O–H groups in total. The van der Waals surface area contributed by atoms with Crippen molar-refractivity contribution in [2.24, 2.45) is 11.8 Å². The molecular weight excluding hydrogens is 1380 g/mol. The number of hydrogen-bond donors (Lipinski definition) is 3. The highest BCUT2D eigenvalue weighted by Gasteiger charge is 2.30. The van der Waals surface area contributed by atoms with Crippen molar-refractivity contribution in [3.05, 3.63) is 0 Å². The second-order valence-corrected chi connectivity index (χ2v) is 34.7. The van der Waals surface area contributed by atoms with Crippen LogP contribution in [-0.4, -0.2) is 96.7 Å². The average molecular weight is 1550 g/mol. The Kier molecular flexibility index (Phi) is 76.9. The molecule has 630 valence electrons. The van der Waals surface area contributed by atoms with Crippen molar-refractivity contribution in [3.63, 3.8) is 0 Å². The molecule has 106 heavy (non-hydrogen) atoms. The molecule has 0 rings (SSSR count). The molecule has 4 unspecified atom stereocenters. The number of hydrogen-bond acceptors (Lipinski definition) is 15. The van der Waals surface area contributed by atoms with Crippen LogP contribution in [0.1, 0.15) is 465 Å². The number of unbranched alkanes of at least 4 members (excludes halogenated alkanes) is 54. The lowest BCUT2D eigenvalue weighted by Crippen LogP contribution is -2.30. The van der Waals surface area contributed by atoms with Crippen LogP contribution in [0, 0.1) is 11.8 Å². The summed E-state index contributed by atoms with van der Waals surface area (Å²) >= 11 is 0. The van der Waals surface area contributed by atoms with Gasteiger partial charge < -0.3 is 33.8 Å². The minimum absolute atomic E-state index is 0.108. The fraction of sp³-hybridized carbons (Fsp3) is 0.954. The third kappa shape index (κ3) is 77.4. The van der Waals surface area contributed by atoms with E-state index in [1.165, 1.54) is 276 Å². The quantitative estimate of drug-likeness (QED) is 0.0222. The van der Waals surface area contributed by atoms with E-state index in [2.05, 4.69) is 41.5 Å². The second kappa shape index (κ2) is 78.3. The summed E-state index contributed by atoms with van der Waals surface area (Å²) in [5, 5.41) is 10.7. The SMILES string of the molecule is CCCCCCCCCCCCCCCCCCCCC(=O)OC[C@H](COP(=O)(O)OC[C@@H](O)COP(=O)(O)OC[C@@H](COC(=O)CCCCCCCCC(C)CC)OC(=O)CCCCCCCCCCCCCCCCCC)OC(=O)CCCCCCCCCCCCCCCCCCCCC(C)CC. The minimum atomic E-state index is -4.97. The fourth-order valence-corrected chi connectivity index (χ4v) is 15.1. The Morgan fingerprint density at radius 3 is 0.670 bits per heavy atom. The first-order valence-corrected chi connectivity index (χ1v) is 48.1. The van der Waals surface area contributed by atoms with Crippen LogP contribution in [0.15, 0.2) is 0 Å². The van der Waals surface area contributed by atoms with Gasteiger partial charge in [0.05, 0.1) is 26.4 Å². The lowest BCUT2D eigenvalue weighted by molar-refractivity contribution is -0.161. The molecule has 0 radical (unpaired) electrons. The van der Waals surface area contributed by atoms with Gasteiger partial charge in [0.25, 0.3) is 0 Å². The normalized spacial score (nSPS) is 14.3. The molecule has 0 heterocycles. The summed E-state index contributed by atoms with van der Waals surface area (Å²) < 4.78 is 68.9.